The first-order valence-electron chi connectivity index (χ1n) is 5.85. The molecule has 0 radical (unpaired) electrons. The second-order valence-corrected chi connectivity index (χ2v) is 6.80. The van der Waals surface area contributed by atoms with Gasteiger partial charge in [0, 0.05) is 13.1 Å². The number of H-pyrrole nitrogens is 1. The summed E-state index contributed by atoms with van der Waals surface area (Å²) in [6.07, 6.45) is 2.26. The number of aromatic nitrogens is 2. The lowest BCUT2D eigenvalue weighted by molar-refractivity contribution is 0.356. The Labute approximate surface area is 102 Å². The number of sulfonamides is 1. The summed E-state index contributed by atoms with van der Waals surface area (Å²) in [6.45, 7) is 5.43. The summed E-state index contributed by atoms with van der Waals surface area (Å²) >= 11 is 0. The molecule has 1 aromatic heterocycles. The molecule has 0 saturated heterocycles. The van der Waals surface area contributed by atoms with Crippen LogP contribution in [0.1, 0.15) is 31.2 Å². The standard InChI is InChI=1S/C11H19N3O2S/c1-7-11(8(2)13-12-7)17(15,16)14(4)9(3)10-5-6-10/h9-10H,5-6H2,1-4H3,(H,12,13). The Hall–Kier alpha value is -0.880. The number of nitrogens with one attached hydrogen (secondary N) is 1. The molecule has 17 heavy (non-hydrogen) atoms. The molecule has 1 saturated carbocycles. The van der Waals surface area contributed by atoms with E-state index in [0.717, 1.165) is 12.8 Å². The molecule has 0 bridgehead atoms. The maximum Gasteiger partial charge on any atom is 0.246 e. The molecule has 1 aliphatic rings. The van der Waals surface area contributed by atoms with Crippen molar-refractivity contribution in [2.75, 3.05) is 7.05 Å². The molecule has 1 aliphatic carbocycles. The third-order valence-corrected chi connectivity index (χ3v) is 5.78. The van der Waals surface area contributed by atoms with Crippen LogP contribution < -0.4 is 0 Å². The van der Waals surface area contributed by atoms with Crippen molar-refractivity contribution in [3.63, 3.8) is 0 Å². The van der Waals surface area contributed by atoms with Crippen LogP contribution in [0.15, 0.2) is 4.90 Å². The highest BCUT2D eigenvalue weighted by Crippen LogP contribution is 2.36. The SMILES string of the molecule is Cc1n[nH]c(C)c1S(=O)(=O)N(C)C(C)C1CC1. The first kappa shape index (κ1) is 12.6. The van der Waals surface area contributed by atoms with Gasteiger partial charge in [-0.05, 0) is 39.5 Å². The van der Waals surface area contributed by atoms with E-state index < -0.39 is 10.0 Å². The largest absolute Gasteiger partial charge is 0.281 e. The molecule has 0 amide bonds. The first-order valence-corrected chi connectivity index (χ1v) is 7.29. The fourth-order valence-corrected chi connectivity index (χ4v) is 3.91. The molecule has 1 heterocycles. The Balaban J connectivity index is 2.35. The van der Waals surface area contributed by atoms with Gasteiger partial charge in [-0.2, -0.15) is 9.40 Å². The number of rotatable bonds is 4. The first-order chi connectivity index (χ1) is 7.85. The third kappa shape index (κ3) is 2.11. The number of aromatic amines is 1. The van der Waals surface area contributed by atoms with Gasteiger partial charge in [0.25, 0.3) is 0 Å². The minimum atomic E-state index is -3.42. The minimum Gasteiger partial charge on any atom is -0.281 e. The predicted molar refractivity (Wildman–Crippen MR) is 65.2 cm³/mol. The molecular weight excluding hydrogens is 238 g/mol. The van der Waals surface area contributed by atoms with E-state index in [2.05, 4.69) is 10.2 Å². The lowest BCUT2D eigenvalue weighted by atomic mass is 10.2. The number of nitrogens with zero attached hydrogens (tertiary/aromatic N) is 2. The molecular formula is C11H19N3O2S. The van der Waals surface area contributed by atoms with Crippen molar-refractivity contribution in [1.82, 2.24) is 14.5 Å². The molecule has 1 atom stereocenters. The highest BCUT2D eigenvalue weighted by molar-refractivity contribution is 7.89. The van der Waals surface area contributed by atoms with Crippen LogP contribution in [0.25, 0.3) is 0 Å². The van der Waals surface area contributed by atoms with Crippen LogP contribution in [-0.2, 0) is 10.0 Å². The molecule has 6 heteroatoms. The molecule has 0 aromatic carbocycles. The monoisotopic (exact) mass is 257 g/mol. The Kier molecular flexibility index (Phi) is 3.03. The fourth-order valence-electron chi connectivity index (χ4n) is 2.16. The van der Waals surface area contributed by atoms with Gasteiger partial charge in [-0.1, -0.05) is 0 Å². The molecule has 96 valence electrons. The Bertz CT molecular complexity index is 497. The van der Waals surface area contributed by atoms with Crippen LogP contribution in [0.4, 0.5) is 0 Å². The van der Waals surface area contributed by atoms with E-state index in [4.69, 9.17) is 0 Å². The number of aryl methyl sites for hydroxylation is 2. The smallest absolute Gasteiger partial charge is 0.246 e. The van der Waals surface area contributed by atoms with Gasteiger partial charge in [0.2, 0.25) is 10.0 Å². The number of hydrogen-bond donors (Lipinski definition) is 1. The summed E-state index contributed by atoms with van der Waals surface area (Å²) in [5.74, 6) is 0.516. The van der Waals surface area contributed by atoms with Crippen molar-refractivity contribution in [2.24, 2.45) is 5.92 Å². The third-order valence-electron chi connectivity index (χ3n) is 3.58. The minimum absolute atomic E-state index is 0.0636. The normalized spacial score (nSPS) is 18.6. The quantitative estimate of drug-likeness (QED) is 0.887. The lowest BCUT2D eigenvalue weighted by Gasteiger charge is -2.24. The molecule has 1 aromatic rings. The van der Waals surface area contributed by atoms with Crippen LogP contribution in [0.3, 0.4) is 0 Å². The fraction of sp³-hybridized carbons (Fsp3) is 0.727. The van der Waals surface area contributed by atoms with Gasteiger partial charge in [-0.25, -0.2) is 8.42 Å². The van der Waals surface area contributed by atoms with Gasteiger partial charge in [0.05, 0.1) is 11.4 Å². The summed E-state index contributed by atoms with van der Waals surface area (Å²) in [7, 11) is -1.76. The van der Waals surface area contributed by atoms with Gasteiger partial charge in [-0.15, -0.1) is 0 Å². The van der Waals surface area contributed by atoms with E-state index in [9.17, 15) is 8.42 Å². The summed E-state index contributed by atoms with van der Waals surface area (Å²) in [4.78, 5) is 0.326. The lowest BCUT2D eigenvalue weighted by Crippen LogP contribution is -2.36. The van der Waals surface area contributed by atoms with Crippen LogP contribution in [0.5, 0.6) is 0 Å². The zero-order valence-corrected chi connectivity index (χ0v) is 11.5. The Morgan fingerprint density at radius 2 is 2.00 bits per heavy atom. The van der Waals surface area contributed by atoms with Crippen molar-refractivity contribution in [3.05, 3.63) is 11.4 Å². The summed E-state index contributed by atoms with van der Waals surface area (Å²) in [5, 5.41) is 6.68. The second-order valence-electron chi connectivity index (χ2n) is 4.86. The summed E-state index contributed by atoms with van der Waals surface area (Å²) < 4.78 is 26.4. The van der Waals surface area contributed by atoms with E-state index in [-0.39, 0.29) is 6.04 Å². The van der Waals surface area contributed by atoms with Gasteiger partial charge in [0.15, 0.2) is 0 Å². The van der Waals surface area contributed by atoms with Gasteiger partial charge in [-0.3, -0.25) is 5.10 Å². The van der Waals surface area contributed by atoms with Crippen molar-refractivity contribution in [3.8, 4) is 0 Å². The van der Waals surface area contributed by atoms with Gasteiger partial charge < -0.3 is 0 Å². The molecule has 1 fully saturated rings. The van der Waals surface area contributed by atoms with E-state index >= 15 is 0 Å². The molecule has 0 spiro atoms. The van der Waals surface area contributed by atoms with Crippen molar-refractivity contribution >= 4 is 10.0 Å². The molecule has 1 N–H and O–H groups in total. The molecule has 0 aliphatic heterocycles. The maximum absolute atomic E-state index is 12.5. The zero-order chi connectivity index (χ0) is 12.8. The highest BCUT2D eigenvalue weighted by Gasteiger charge is 2.37. The number of hydrogen-bond acceptors (Lipinski definition) is 3. The van der Waals surface area contributed by atoms with Crippen LogP contribution in [0.2, 0.25) is 0 Å². The average Bonchev–Trinajstić information content (AvgIpc) is 3.03. The van der Waals surface area contributed by atoms with Crippen LogP contribution >= 0.6 is 0 Å². The zero-order valence-electron chi connectivity index (χ0n) is 10.7. The topological polar surface area (TPSA) is 66.1 Å². The Morgan fingerprint density at radius 1 is 1.41 bits per heavy atom. The van der Waals surface area contributed by atoms with E-state index in [1.807, 2.05) is 6.92 Å². The van der Waals surface area contributed by atoms with Gasteiger partial charge >= 0.3 is 0 Å². The summed E-state index contributed by atoms with van der Waals surface area (Å²) in [6, 6.07) is 0.0636. The van der Waals surface area contributed by atoms with E-state index in [1.54, 1.807) is 20.9 Å². The predicted octanol–water partition coefficient (Wildman–Crippen LogP) is 1.45. The van der Waals surface area contributed by atoms with Crippen molar-refractivity contribution in [2.45, 2.75) is 44.6 Å². The second kappa shape index (κ2) is 4.10. The van der Waals surface area contributed by atoms with Crippen molar-refractivity contribution < 1.29 is 8.42 Å². The molecule has 2 rings (SSSR count). The van der Waals surface area contributed by atoms with E-state index in [0.29, 0.717) is 22.2 Å². The highest BCUT2D eigenvalue weighted by atomic mass is 32.2. The Morgan fingerprint density at radius 3 is 2.41 bits per heavy atom. The maximum atomic E-state index is 12.5. The molecule has 1 unspecified atom stereocenters. The van der Waals surface area contributed by atoms with Crippen molar-refractivity contribution in [1.29, 1.82) is 0 Å². The van der Waals surface area contributed by atoms with E-state index in [1.165, 1.54) is 4.31 Å². The van der Waals surface area contributed by atoms with Crippen LogP contribution in [-0.4, -0.2) is 36.0 Å². The van der Waals surface area contributed by atoms with Crippen LogP contribution in [0, 0.1) is 19.8 Å². The summed E-state index contributed by atoms with van der Waals surface area (Å²) in [5.41, 5.74) is 1.15. The molecule has 5 nitrogen and oxygen atoms in total. The average molecular weight is 257 g/mol. The van der Waals surface area contributed by atoms with Gasteiger partial charge in [0.1, 0.15) is 4.90 Å².